The number of benzene rings is 2. The van der Waals surface area contributed by atoms with Gasteiger partial charge in [-0.25, -0.2) is 4.68 Å². The van der Waals surface area contributed by atoms with Crippen molar-refractivity contribution in [3.8, 4) is 6.01 Å². The molecule has 0 saturated carbocycles. The average Bonchev–Trinajstić information content (AvgIpc) is 3.68. The van der Waals surface area contributed by atoms with Crippen LogP contribution in [0.25, 0.3) is 10.9 Å². The number of hydrogen-bond donors (Lipinski definition) is 2. The molecule has 0 saturated heterocycles. The Bertz CT molecular complexity index is 1800. The van der Waals surface area contributed by atoms with Crippen LogP contribution in [-0.4, -0.2) is 65.5 Å². The third-order valence-corrected chi connectivity index (χ3v) is 7.63. The molecule has 0 aliphatic carbocycles. The van der Waals surface area contributed by atoms with Crippen LogP contribution >= 0.6 is 11.6 Å². The van der Waals surface area contributed by atoms with Gasteiger partial charge in [-0.05, 0) is 71.5 Å². The first-order valence-electron chi connectivity index (χ1n) is 14.5. The largest absolute Gasteiger partial charge is 0.443 e. The zero-order chi connectivity index (χ0) is 31.6. The van der Waals surface area contributed by atoms with Crippen LogP contribution in [0, 0.1) is 10.1 Å². The molecule has 4 heterocycles. The number of nitro groups is 1. The number of aromatic nitrogens is 7. The molecule has 0 amide bonds. The second kappa shape index (κ2) is 12.8. The molecule has 2 aromatic carbocycles. The van der Waals surface area contributed by atoms with Crippen molar-refractivity contribution in [3.05, 3.63) is 93.0 Å². The van der Waals surface area contributed by atoms with Gasteiger partial charge in [0.1, 0.15) is 18.9 Å². The summed E-state index contributed by atoms with van der Waals surface area (Å²) in [5.41, 5.74) is 3.46. The van der Waals surface area contributed by atoms with Gasteiger partial charge in [0.25, 0.3) is 0 Å². The maximum absolute atomic E-state index is 11.0. The van der Waals surface area contributed by atoms with Crippen molar-refractivity contribution in [2.24, 2.45) is 0 Å². The van der Waals surface area contributed by atoms with Gasteiger partial charge in [0.2, 0.25) is 0 Å². The summed E-state index contributed by atoms with van der Waals surface area (Å²) in [4.78, 5) is 18.8. The molecular formula is C30H33ClN10O4. The number of fused-ring (bicyclic) bond motifs is 2. The quantitative estimate of drug-likeness (QED) is 0.120. The van der Waals surface area contributed by atoms with E-state index in [2.05, 4.69) is 56.9 Å². The number of imidazole rings is 1. The number of ether oxygens (including phenoxy) is 2. The summed E-state index contributed by atoms with van der Waals surface area (Å²) in [6.07, 6.45) is 2.87. The molecule has 2 atom stereocenters. The number of nitrogens with one attached hydrogen (secondary N) is 2. The molecular weight excluding hydrogens is 600 g/mol. The van der Waals surface area contributed by atoms with E-state index in [0.29, 0.717) is 37.1 Å². The highest BCUT2D eigenvalue weighted by Gasteiger charge is 2.29. The summed E-state index contributed by atoms with van der Waals surface area (Å²) in [5.74, 6) is 0.467. The van der Waals surface area contributed by atoms with E-state index in [1.54, 1.807) is 10.8 Å². The van der Waals surface area contributed by atoms with Gasteiger partial charge < -0.3 is 30.2 Å². The number of nitrogens with zero attached hydrogens (tertiary/aromatic N) is 8. The Balaban J connectivity index is 1.12. The molecule has 5 aromatic rings. The standard InChI is InChI=1S/C30H33ClN10O4/c1-30(2,3)40-28(36-37-38-40)27(34-13-12-33-24-10-11-32-25-14-21(31)8-9-23(24)25)20-6-4-19(5-7-20)17-44-22-15-39-16-26(41(42)43)35-29(39)45-18-22/h4-11,14,16,22,27,34H,12-13,15,17-18H2,1-3H3,(H,32,33)/t22-,27?/m0/s1. The lowest BCUT2D eigenvalue weighted by Gasteiger charge is -2.25. The molecule has 1 unspecified atom stereocenters. The third kappa shape index (κ3) is 6.87. The molecule has 0 spiro atoms. The van der Waals surface area contributed by atoms with E-state index < -0.39 is 4.92 Å². The van der Waals surface area contributed by atoms with Crippen LogP contribution in [0.4, 0.5) is 11.5 Å². The molecule has 0 bridgehead atoms. The molecule has 3 aromatic heterocycles. The first-order chi connectivity index (χ1) is 21.7. The van der Waals surface area contributed by atoms with Crippen molar-refractivity contribution in [3.63, 3.8) is 0 Å². The van der Waals surface area contributed by atoms with Gasteiger partial charge in [-0.3, -0.25) is 9.55 Å². The predicted octanol–water partition coefficient (Wildman–Crippen LogP) is 4.50. The van der Waals surface area contributed by atoms with Crippen molar-refractivity contribution < 1.29 is 14.4 Å². The van der Waals surface area contributed by atoms with Gasteiger partial charge in [0.15, 0.2) is 5.82 Å². The van der Waals surface area contributed by atoms with E-state index in [4.69, 9.17) is 21.1 Å². The number of rotatable bonds is 11. The minimum Gasteiger partial charge on any atom is -0.443 e. The minimum atomic E-state index is -0.537. The van der Waals surface area contributed by atoms with Crippen LogP contribution in [-0.2, 0) is 23.4 Å². The zero-order valence-electron chi connectivity index (χ0n) is 25.1. The smallest absolute Gasteiger partial charge is 0.414 e. The lowest BCUT2D eigenvalue weighted by molar-refractivity contribution is -0.389. The van der Waals surface area contributed by atoms with Gasteiger partial charge >= 0.3 is 11.8 Å². The van der Waals surface area contributed by atoms with E-state index in [1.165, 1.54) is 6.20 Å². The normalized spacial score (nSPS) is 15.4. The Morgan fingerprint density at radius 1 is 1.18 bits per heavy atom. The van der Waals surface area contributed by atoms with Gasteiger partial charge in [0, 0.05) is 40.4 Å². The van der Waals surface area contributed by atoms with Crippen LogP contribution in [0.3, 0.4) is 0 Å². The molecule has 45 heavy (non-hydrogen) atoms. The Morgan fingerprint density at radius 3 is 2.78 bits per heavy atom. The van der Waals surface area contributed by atoms with Crippen LogP contribution in [0.1, 0.15) is 43.8 Å². The Labute approximate surface area is 263 Å². The SMILES string of the molecule is CC(C)(C)n1nnnc1C(NCCNc1ccnc2cc(Cl)ccc12)c1ccc(CO[C@@H]2COc3nc([N+](=O)[O-])cn3C2)cc1. The molecule has 14 nitrogen and oxygen atoms in total. The second-order valence-corrected chi connectivity index (χ2v) is 12.2. The number of tetrazole rings is 1. The van der Waals surface area contributed by atoms with Crippen LogP contribution < -0.4 is 15.4 Å². The van der Waals surface area contributed by atoms with E-state index in [-0.39, 0.29) is 36.1 Å². The molecule has 2 N–H and O–H groups in total. The molecule has 0 fully saturated rings. The molecule has 15 heteroatoms. The summed E-state index contributed by atoms with van der Waals surface area (Å²) in [5, 5.41) is 32.5. The second-order valence-electron chi connectivity index (χ2n) is 11.7. The fourth-order valence-electron chi connectivity index (χ4n) is 5.18. The van der Waals surface area contributed by atoms with Crippen molar-refractivity contribution in [2.75, 3.05) is 25.0 Å². The van der Waals surface area contributed by atoms with Crippen molar-refractivity contribution >= 4 is 34.0 Å². The Hall–Kier alpha value is -4.66. The molecule has 1 aliphatic heterocycles. The maximum Gasteiger partial charge on any atom is 0.414 e. The Morgan fingerprint density at radius 2 is 2.00 bits per heavy atom. The van der Waals surface area contributed by atoms with E-state index >= 15 is 0 Å². The Kier molecular flexibility index (Phi) is 8.61. The van der Waals surface area contributed by atoms with E-state index in [9.17, 15) is 10.1 Å². The first-order valence-corrected chi connectivity index (χ1v) is 14.9. The van der Waals surface area contributed by atoms with E-state index in [1.807, 2.05) is 53.2 Å². The zero-order valence-corrected chi connectivity index (χ0v) is 25.8. The summed E-state index contributed by atoms with van der Waals surface area (Å²) in [6, 6.07) is 15.7. The lowest BCUT2D eigenvalue weighted by Crippen LogP contribution is -2.34. The number of anilines is 1. The minimum absolute atomic E-state index is 0.233. The molecule has 6 rings (SSSR count). The third-order valence-electron chi connectivity index (χ3n) is 7.39. The monoisotopic (exact) mass is 632 g/mol. The van der Waals surface area contributed by atoms with Crippen LogP contribution in [0.15, 0.2) is 60.9 Å². The van der Waals surface area contributed by atoms with E-state index in [0.717, 1.165) is 27.7 Å². The van der Waals surface area contributed by atoms with Gasteiger partial charge in [-0.15, -0.1) is 5.10 Å². The summed E-state index contributed by atoms with van der Waals surface area (Å²) in [6.45, 7) is 8.50. The molecule has 234 valence electrons. The number of hydrogen-bond acceptors (Lipinski definition) is 11. The van der Waals surface area contributed by atoms with Crippen molar-refractivity contribution in [1.29, 1.82) is 0 Å². The molecule has 1 aliphatic rings. The van der Waals surface area contributed by atoms with Gasteiger partial charge in [-0.1, -0.05) is 35.9 Å². The lowest BCUT2D eigenvalue weighted by atomic mass is 10.0. The van der Waals surface area contributed by atoms with Crippen molar-refractivity contribution in [1.82, 2.24) is 40.1 Å². The van der Waals surface area contributed by atoms with Gasteiger partial charge in [-0.2, -0.15) is 0 Å². The summed E-state index contributed by atoms with van der Waals surface area (Å²) >= 11 is 6.15. The maximum atomic E-state index is 11.0. The predicted molar refractivity (Wildman–Crippen MR) is 167 cm³/mol. The summed E-state index contributed by atoms with van der Waals surface area (Å²) < 4.78 is 15.1. The van der Waals surface area contributed by atoms with Crippen molar-refractivity contribution in [2.45, 2.75) is 51.6 Å². The topological polar surface area (TPSA) is 160 Å². The molecule has 0 radical (unpaired) electrons. The van der Waals surface area contributed by atoms with Gasteiger partial charge in [0.05, 0.1) is 30.2 Å². The summed E-state index contributed by atoms with van der Waals surface area (Å²) in [7, 11) is 0. The highest BCUT2D eigenvalue weighted by Crippen LogP contribution is 2.27. The fourth-order valence-corrected chi connectivity index (χ4v) is 5.35. The highest BCUT2D eigenvalue weighted by molar-refractivity contribution is 6.31. The first kappa shape index (κ1) is 30.4. The van der Waals surface area contributed by atoms with Crippen LogP contribution in [0.5, 0.6) is 6.01 Å². The number of pyridine rings is 1. The van der Waals surface area contributed by atoms with Crippen LogP contribution in [0.2, 0.25) is 5.02 Å². The number of halogens is 1. The average molecular weight is 633 g/mol. The highest BCUT2D eigenvalue weighted by atomic mass is 35.5. The fraction of sp³-hybridized carbons (Fsp3) is 0.367.